The van der Waals surface area contributed by atoms with Crippen LogP contribution in [0.4, 0.5) is 26.3 Å². The molecule has 0 heterocycles. The average molecular weight is 341 g/mol. The number of hydrogen-bond acceptors (Lipinski definition) is 0. The highest BCUT2D eigenvalue weighted by Crippen LogP contribution is 2.43. The van der Waals surface area contributed by atoms with Crippen molar-refractivity contribution < 1.29 is 26.3 Å². The van der Waals surface area contributed by atoms with Crippen molar-refractivity contribution in [2.24, 2.45) is 0 Å². The van der Waals surface area contributed by atoms with E-state index < -0.39 is 23.5 Å². The molecule has 24 heavy (non-hydrogen) atoms. The predicted octanol–water partition coefficient (Wildman–Crippen LogP) is 6.08. The summed E-state index contributed by atoms with van der Waals surface area (Å²) in [5, 5.41) is 0. The first-order valence-corrected chi connectivity index (χ1v) is 7.10. The second-order valence-corrected chi connectivity index (χ2v) is 5.64. The van der Waals surface area contributed by atoms with E-state index in [0.29, 0.717) is 11.1 Å². The summed E-state index contributed by atoms with van der Waals surface area (Å²) in [4.78, 5) is 0. The van der Waals surface area contributed by atoms with Gasteiger partial charge in [-0.05, 0) is 46.5 Å². The molecular weight excluding hydrogens is 330 g/mol. The molecule has 0 nitrogen and oxygen atoms in total. The van der Waals surface area contributed by atoms with Gasteiger partial charge in [-0.25, -0.2) is 0 Å². The van der Waals surface area contributed by atoms with Crippen LogP contribution in [0.15, 0.2) is 42.5 Å². The lowest BCUT2D eigenvalue weighted by molar-refractivity contribution is -0.143. The van der Waals surface area contributed by atoms with Gasteiger partial charge in [0.05, 0.1) is 11.1 Å². The van der Waals surface area contributed by atoms with Crippen LogP contribution in [0, 0.1) is 6.08 Å². The molecule has 0 bridgehead atoms. The maximum Gasteiger partial charge on any atom is 0.416 e. The largest absolute Gasteiger partial charge is 0.416 e. The van der Waals surface area contributed by atoms with Crippen molar-refractivity contribution in [2.45, 2.75) is 25.2 Å². The zero-order chi connectivity index (χ0) is 17.7. The molecule has 1 unspecified atom stereocenters. The van der Waals surface area contributed by atoms with Crippen LogP contribution in [-0.2, 0) is 12.4 Å². The number of alkyl halides is 6. The smallest absolute Gasteiger partial charge is 0.166 e. The predicted molar refractivity (Wildman–Crippen MR) is 77.1 cm³/mol. The van der Waals surface area contributed by atoms with E-state index in [9.17, 15) is 26.3 Å². The molecule has 0 N–H and O–H groups in total. The molecule has 0 aromatic heterocycles. The molecule has 1 aliphatic rings. The molecule has 6 heteroatoms. The number of allylic oxidation sites excluding steroid dienone is 1. The van der Waals surface area contributed by atoms with Gasteiger partial charge in [0.25, 0.3) is 0 Å². The van der Waals surface area contributed by atoms with Crippen molar-refractivity contribution in [2.75, 3.05) is 0 Å². The second-order valence-electron chi connectivity index (χ2n) is 5.64. The average Bonchev–Trinajstić information content (AvgIpc) is 2.83. The fourth-order valence-electron chi connectivity index (χ4n) is 2.83. The normalized spacial score (nSPS) is 17.6. The SMILES string of the molecule is CC1C(c2cc(C(F)(F)F)cc(C(F)(F)F)c2)=[C]c2ccccc21. The molecular formula is C18H11F6. The minimum Gasteiger partial charge on any atom is -0.166 e. The fraction of sp³-hybridized carbons (Fsp3) is 0.222. The summed E-state index contributed by atoms with van der Waals surface area (Å²) in [7, 11) is 0. The van der Waals surface area contributed by atoms with Crippen LogP contribution in [0.1, 0.15) is 40.7 Å². The molecule has 2 aromatic carbocycles. The molecule has 3 rings (SSSR count). The summed E-state index contributed by atoms with van der Waals surface area (Å²) in [6, 6.07) is 8.67. The van der Waals surface area contributed by atoms with E-state index in [0.717, 1.165) is 17.7 Å². The van der Waals surface area contributed by atoms with Crippen molar-refractivity contribution in [3.05, 3.63) is 76.4 Å². The molecule has 0 amide bonds. The Morgan fingerprint density at radius 2 is 1.38 bits per heavy atom. The molecule has 0 fully saturated rings. The summed E-state index contributed by atoms with van der Waals surface area (Å²) in [5.41, 5.74) is -0.896. The van der Waals surface area contributed by atoms with E-state index in [1.807, 2.05) is 0 Å². The Bertz CT molecular complexity index is 779. The first kappa shape index (κ1) is 16.6. The van der Waals surface area contributed by atoms with Crippen LogP contribution in [-0.4, -0.2) is 0 Å². The van der Waals surface area contributed by atoms with Crippen molar-refractivity contribution >= 4 is 5.57 Å². The lowest BCUT2D eigenvalue weighted by Crippen LogP contribution is -2.12. The van der Waals surface area contributed by atoms with Gasteiger partial charge >= 0.3 is 12.4 Å². The standard InChI is InChI=1S/C18H11F6/c1-10-15-5-3-2-4-11(15)8-16(10)12-6-13(17(19,20)21)9-14(7-12)18(22,23)24/h2-7,9-10H,1H3. The van der Waals surface area contributed by atoms with Crippen LogP contribution < -0.4 is 0 Å². The third kappa shape index (κ3) is 2.92. The molecule has 1 radical (unpaired) electrons. The van der Waals surface area contributed by atoms with E-state index in [4.69, 9.17) is 0 Å². The zero-order valence-corrected chi connectivity index (χ0v) is 12.4. The minimum atomic E-state index is -4.86. The third-order valence-electron chi connectivity index (χ3n) is 4.03. The van der Waals surface area contributed by atoms with Gasteiger partial charge < -0.3 is 0 Å². The molecule has 0 saturated carbocycles. The van der Waals surface area contributed by atoms with Gasteiger partial charge in [0, 0.05) is 5.92 Å². The third-order valence-corrected chi connectivity index (χ3v) is 4.03. The van der Waals surface area contributed by atoms with Crippen molar-refractivity contribution in [3.8, 4) is 0 Å². The first-order valence-electron chi connectivity index (χ1n) is 7.10. The number of rotatable bonds is 1. The van der Waals surface area contributed by atoms with Gasteiger partial charge in [-0.3, -0.25) is 0 Å². The van der Waals surface area contributed by atoms with Gasteiger partial charge in [0.2, 0.25) is 0 Å². The summed E-state index contributed by atoms with van der Waals surface area (Å²) in [6.45, 7) is 1.74. The van der Waals surface area contributed by atoms with Gasteiger partial charge in [-0.2, -0.15) is 26.3 Å². The van der Waals surface area contributed by atoms with Crippen molar-refractivity contribution in [3.63, 3.8) is 0 Å². The second kappa shape index (κ2) is 5.40. The highest BCUT2D eigenvalue weighted by atomic mass is 19.4. The lowest BCUT2D eigenvalue weighted by Gasteiger charge is -2.17. The van der Waals surface area contributed by atoms with Crippen molar-refractivity contribution in [1.29, 1.82) is 0 Å². The quantitative estimate of drug-likeness (QED) is 0.552. The lowest BCUT2D eigenvalue weighted by atomic mass is 9.91. The molecule has 1 atom stereocenters. The highest BCUT2D eigenvalue weighted by Gasteiger charge is 2.37. The molecule has 1 aliphatic carbocycles. The summed E-state index contributed by atoms with van der Waals surface area (Å²) in [6.07, 6.45) is -6.77. The zero-order valence-electron chi connectivity index (χ0n) is 12.4. The summed E-state index contributed by atoms with van der Waals surface area (Å²) >= 11 is 0. The Morgan fingerprint density at radius 3 is 1.88 bits per heavy atom. The fourth-order valence-corrected chi connectivity index (χ4v) is 2.83. The molecule has 2 aromatic rings. The minimum absolute atomic E-state index is 0.110. The van der Waals surface area contributed by atoms with E-state index in [1.54, 1.807) is 31.2 Å². The van der Waals surface area contributed by atoms with E-state index in [2.05, 4.69) is 6.08 Å². The number of hydrogen-bond donors (Lipinski definition) is 0. The van der Waals surface area contributed by atoms with Crippen LogP contribution >= 0.6 is 0 Å². The monoisotopic (exact) mass is 341 g/mol. The Hall–Kier alpha value is -2.24. The first-order chi connectivity index (χ1) is 11.1. The number of benzene rings is 2. The van der Waals surface area contributed by atoms with Crippen LogP contribution in [0.25, 0.3) is 5.57 Å². The molecule has 0 aliphatic heterocycles. The van der Waals surface area contributed by atoms with Crippen molar-refractivity contribution in [1.82, 2.24) is 0 Å². The number of halogens is 6. The van der Waals surface area contributed by atoms with E-state index >= 15 is 0 Å². The van der Waals surface area contributed by atoms with E-state index in [1.165, 1.54) is 0 Å². The van der Waals surface area contributed by atoms with Crippen LogP contribution in [0.5, 0.6) is 0 Å². The topological polar surface area (TPSA) is 0 Å². The van der Waals surface area contributed by atoms with Crippen LogP contribution in [0.3, 0.4) is 0 Å². The van der Waals surface area contributed by atoms with Crippen LogP contribution in [0.2, 0.25) is 0 Å². The highest BCUT2D eigenvalue weighted by molar-refractivity contribution is 5.77. The van der Waals surface area contributed by atoms with Gasteiger partial charge in [0.15, 0.2) is 0 Å². The number of fused-ring (bicyclic) bond motifs is 1. The maximum atomic E-state index is 13.0. The Morgan fingerprint density at radius 1 is 0.833 bits per heavy atom. The van der Waals surface area contributed by atoms with Gasteiger partial charge in [0.1, 0.15) is 0 Å². The molecule has 0 saturated heterocycles. The Kier molecular flexibility index (Phi) is 3.73. The summed E-state index contributed by atoms with van der Waals surface area (Å²) < 4.78 is 77.9. The summed E-state index contributed by atoms with van der Waals surface area (Å²) in [5.74, 6) is -0.328. The maximum absolute atomic E-state index is 13.0. The van der Waals surface area contributed by atoms with Gasteiger partial charge in [-0.1, -0.05) is 31.2 Å². The molecule has 0 spiro atoms. The Labute approximate surface area is 134 Å². The van der Waals surface area contributed by atoms with E-state index in [-0.39, 0.29) is 17.5 Å². The molecule has 125 valence electrons. The van der Waals surface area contributed by atoms with Gasteiger partial charge in [-0.15, -0.1) is 0 Å². The Balaban J connectivity index is 2.16.